The number of rotatable bonds is 9. The zero-order valence-corrected chi connectivity index (χ0v) is 27.7. The van der Waals surface area contributed by atoms with E-state index in [2.05, 4.69) is 175 Å². The van der Waals surface area contributed by atoms with Crippen molar-refractivity contribution in [3.05, 3.63) is 132 Å². The number of anilines is 2. The van der Waals surface area contributed by atoms with Crippen molar-refractivity contribution >= 4 is 30.5 Å². The van der Waals surface area contributed by atoms with Crippen molar-refractivity contribution in [3.63, 3.8) is 0 Å². The Morgan fingerprint density at radius 3 is 1.02 bits per heavy atom. The summed E-state index contributed by atoms with van der Waals surface area (Å²) in [7, 11) is -1.35. The predicted molar refractivity (Wildman–Crippen MR) is 185 cm³/mol. The first-order valence-electron chi connectivity index (χ1n) is 15.7. The van der Waals surface area contributed by atoms with Crippen molar-refractivity contribution < 1.29 is 0 Å². The number of hydrogen-bond donors (Lipinski definition) is 0. The van der Waals surface area contributed by atoms with Gasteiger partial charge in [-0.25, -0.2) is 0 Å². The summed E-state index contributed by atoms with van der Waals surface area (Å²) in [5.41, 5.74) is 8.44. The minimum atomic E-state index is -1.35. The van der Waals surface area contributed by atoms with Gasteiger partial charge < -0.3 is 9.80 Å². The van der Waals surface area contributed by atoms with Gasteiger partial charge in [0.25, 0.3) is 0 Å². The minimum Gasteiger partial charge on any atom is -0.327 e. The molecule has 0 spiro atoms. The molecule has 0 N–H and O–H groups in total. The van der Waals surface area contributed by atoms with Crippen LogP contribution in [0.4, 0.5) is 11.4 Å². The van der Waals surface area contributed by atoms with Gasteiger partial charge in [-0.3, -0.25) is 0 Å². The second-order valence-corrected chi connectivity index (χ2v) is 15.3. The van der Waals surface area contributed by atoms with Gasteiger partial charge in [-0.05, 0) is 45.9 Å². The van der Waals surface area contributed by atoms with Gasteiger partial charge >= 0.3 is 0 Å². The summed E-state index contributed by atoms with van der Waals surface area (Å²) in [6, 6.07) is 36.4. The van der Waals surface area contributed by atoms with Crippen LogP contribution in [0.3, 0.4) is 0 Å². The normalized spacial score (nSPS) is 14.0. The highest BCUT2D eigenvalue weighted by Crippen LogP contribution is 2.43. The van der Waals surface area contributed by atoms with Crippen molar-refractivity contribution in [3.8, 4) is 0 Å². The van der Waals surface area contributed by atoms with Gasteiger partial charge in [0, 0.05) is 23.8 Å². The van der Waals surface area contributed by atoms with Crippen molar-refractivity contribution in [2.75, 3.05) is 9.80 Å². The average molecular weight is 572 g/mol. The SMILES string of the molecule is CC(C)c1cccc(C(C)C)c1N1C=CN(c2c(C(C)C)cccc2C(C)C)C1[Si](c1ccccc1)c1ccccc1. The molecular formula is C39H47N2Si. The van der Waals surface area contributed by atoms with Gasteiger partial charge in [-0.15, -0.1) is 0 Å². The molecule has 3 heteroatoms. The molecule has 2 nitrogen and oxygen atoms in total. The third-order valence-corrected chi connectivity index (χ3v) is 11.5. The average Bonchev–Trinajstić information content (AvgIpc) is 3.41. The topological polar surface area (TPSA) is 6.48 Å². The molecule has 1 radical (unpaired) electrons. The Morgan fingerprint density at radius 1 is 0.429 bits per heavy atom. The fourth-order valence-electron chi connectivity index (χ4n) is 6.43. The lowest BCUT2D eigenvalue weighted by Crippen LogP contribution is -2.62. The monoisotopic (exact) mass is 571 g/mol. The molecule has 217 valence electrons. The Kier molecular flexibility index (Phi) is 9.08. The standard InChI is InChI=1S/C39H47N2Si/c1-27(2)33-21-15-22-34(28(3)4)37(33)40-25-26-41(38-35(29(5)6)23-16-24-36(38)30(7)8)39(40)42(31-17-11-9-12-18-31)32-19-13-10-14-20-32/h9-30,39H,1-8H3. The lowest BCUT2D eigenvalue weighted by Gasteiger charge is -2.42. The molecule has 1 aliphatic heterocycles. The second kappa shape index (κ2) is 12.7. The highest BCUT2D eigenvalue weighted by molar-refractivity contribution is 6.87. The molecule has 4 aromatic carbocycles. The van der Waals surface area contributed by atoms with Gasteiger partial charge in [-0.1, -0.05) is 163 Å². The molecule has 0 bridgehead atoms. The summed E-state index contributed by atoms with van der Waals surface area (Å²) in [5, 5.41) is 2.86. The van der Waals surface area contributed by atoms with Gasteiger partial charge in [0.05, 0.1) is 0 Å². The zero-order chi connectivity index (χ0) is 30.0. The van der Waals surface area contributed by atoms with Crippen LogP contribution < -0.4 is 20.2 Å². The van der Waals surface area contributed by atoms with E-state index in [1.54, 1.807) is 0 Å². The van der Waals surface area contributed by atoms with Crippen LogP contribution >= 0.6 is 0 Å². The minimum absolute atomic E-state index is 0.120. The molecule has 0 saturated carbocycles. The number of para-hydroxylation sites is 2. The molecule has 1 aliphatic rings. The molecule has 0 saturated heterocycles. The summed E-state index contributed by atoms with van der Waals surface area (Å²) < 4.78 is 0. The molecule has 4 aromatic rings. The molecule has 0 aliphatic carbocycles. The first-order valence-corrected chi connectivity index (χ1v) is 17.3. The number of benzene rings is 4. The third-order valence-electron chi connectivity index (χ3n) is 8.54. The third kappa shape index (κ3) is 5.72. The van der Waals surface area contributed by atoms with Gasteiger partial charge in [0.1, 0.15) is 5.79 Å². The Balaban J connectivity index is 1.84. The highest BCUT2D eigenvalue weighted by atomic mass is 28.3. The smallest absolute Gasteiger partial charge is 0.174 e. The fourth-order valence-corrected chi connectivity index (χ4v) is 9.45. The molecule has 0 amide bonds. The van der Waals surface area contributed by atoms with Crippen molar-refractivity contribution in [2.45, 2.75) is 84.9 Å². The quantitative estimate of drug-likeness (QED) is 0.185. The maximum absolute atomic E-state index is 2.65. The largest absolute Gasteiger partial charge is 0.327 e. The van der Waals surface area contributed by atoms with Crippen molar-refractivity contribution in [1.29, 1.82) is 0 Å². The summed E-state index contributed by atoms with van der Waals surface area (Å²) in [4.78, 5) is 5.31. The van der Waals surface area contributed by atoms with Gasteiger partial charge in [-0.2, -0.15) is 0 Å². The van der Waals surface area contributed by atoms with E-state index in [9.17, 15) is 0 Å². The van der Waals surface area contributed by atoms with Gasteiger partial charge in [0.15, 0.2) is 8.80 Å². The second-order valence-electron chi connectivity index (χ2n) is 12.8. The maximum atomic E-state index is 2.65. The summed E-state index contributed by atoms with van der Waals surface area (Å²) in [6.45, 7) is 18.7. The Labute approximate surface area is 256 Å². The van der Waals surface area contributed by atoms with Crippen LogP contribution in [-0.4, -0.2) is 14.6 Å². The van der Waals surface area contributed by atoms with E-state index >= 15 is 0 Å². The van der Waals surface area contributed by atoms with Crippen LogP contribution in [0, 0.1) is 0 Å². The van der Waals surface area contributed by atoms with Crippen molar-refractivity contribution in [2.24, 2.45) is 0 Å². The Morgan fingerprint density at radius 2 is 0.738 bits per heavy atom. The van der Waals surface area contributed by atoms with Crippen molar-refractivity contribution in [1.82, 2.24) is 0 Å². The van der Waals surface area contributed by atoms with Crippen LogP contribution in [0.5, 0.6) is 0 Å². The Hall–Kier alpha value is -3.56. The molecule has 42 heavy (non-hydrogen) atoms. The first kappa shape index (κ1) is 29.9. The maximum Gasteiger partial charge on any atom is 0.174 e. The van der Waals surface area contributed by atoms with E-state index < -0.39 is 8.80 Å². The van der Waals surface area contributed by atoms with Crippen LogP contribution in [0.2, 0.25) is 0 Å². The zero-order valence-electron chi connectivity index (χ0n) is 26.7. The fraction of sp³-hybridized carbons (Fsp3) is 0.333. The van der Waals surface area contributed by atoms with E-state index in [-0.39, 0.29) is 5.79 Å². The van der Waals surface area contributed by atoms with E-state index in [0.29, 0.717) is 23.7 Å². The van der Waals surface area contributed by atoms with E-state index in [1.165, 1.54) is 44.0 Å². The first-order chi connectivity index (χ1) is 20.2. The van der Waals surface area contributed by atoms with E-state index in [1.807, 2.05) is 0 Å². The van der Waals surface area contributed by atoms with Crippen LogP contribution in [-0.2, 0) is 0 Å². The predicted octanol–water partition coefficient (Wildman–Crippen LogP) is 9.15. The summed E-state index contributed by atoms with van der Waals surface area (Å²) in [6.07, 6.45) is 4.77. The summed E-state index contributed by atoms with van der Waals surface area (Å²) >= 11 is 0. The van der Waals surface area contributed by atoms with Gasteiger partial charge in [0.2, 0.25) is 0 Å². The van der Waals surface area contributed by atoms with Crippen LogP contribution in [0.1, 0.15) is 101 Å². The van der Waals surface area contributed by atoms with Crippen LogP contribution in [0.15, 0.2) is 109 Å². The molecule has 0 aromatic heterocycles. The Bertz CT molecular complexity index is 1340. The van der Waals surface area contributed by atoms with Crippen LogP contribution in [0.25, 0.3) is 0 Å². The highest BCUT2D eigenvalue weighted by Gasteiger charge is 2.42. The lowest BCUT2D eigenvalue weighted by atomic mass is 9.91. The molecule has 5 rings (SSSR count). The summed E-state index contributed by atoms with van der Waals surface area (Å²) in [5.74, 6) is 1.79. The molecule has 0 unspecified atom stereocenters. The number of hydrogen-bond acceptors (Lipinski definition) is 2. The lowest BCUT2D eigenvalue weighted by molar-refractivity contribution is 0.781. The molecule has 0 fully saturated rings. The van der Waals surface area contributed by atoms with E-state index in [0.717, 1.165) is 0 Å². The molecule has 0 atom stereocenters. The molecular weight excluding hydrogens is 525 g/mol. The van der Waals surface area contributed by atoms with E-state index in [4.69, 9.17) is 0 Å². The number of nitrogens with zero attached hydrogens (tertiary/aromatic N) is 2. The molecule has 1 heterocycles.